The Morgan fingerprint density at radius 1 is 0.625 bits per heavy atom. The number of hydrogen-bond acceptors (Lipinski definition) is 8. The van der Waals surface area contributed by atoms with Gasteiger partial charge in [0.25, 0.3) is 0 Å². The van der Waals surface area contributed by atoms with E-state index in [1.165, 1.54) is 11.1 Å². The molecule has 0 fully saturated rings. The SMILES string of the molecule is COc1ccc(C2=CC=C3C(C2)Cn2cc(OCCCCCOc4cn5c(c4OC)C=[N+]([O-])C4=CC=C(c6ccc(N)cc6)CC4C5)c(OC)c2C=[N+]3[O-])cc1. The fraction of sp³-hybridized carbons (Fsp3) is 0.318. The van der Waals surface area contributed by atoms with Crippen LogP contribution in [-0.2, 0) is 13.1 Å². The molecule has 4 aromatic rings. The molecule has 8 rings (SSSR count). The van der Waals surface area contributed by atoms with Crippen molar-refractivity contribution in [1.29, 1.82) is 0 Å². The number of rotatable bonds is 13. The third-order valence-corrected chi connectivity index (χ3v) is 11.0. The highest BCUT2D eigenvalue weighted by Gasteiger charge is 2.34. The van der Waals surface area contributed by atoms with Gasteiger partial charge in [-0.15, -0.1) is 0 Å². The van der Waals surface area contributed by atoms with Crippen molar-refractivity contribution in [2.75, 3.05) is 40.3 Å². The number of aromatic nitrogens is 2. The molecular weight excluding hydrogens is 711 g/mol. The van der Waals surface area contributed by atoms with Gasteiger partial charge in [0, 0.05) is 30.9 Å². The fourth-order valence-electron chi connectivity index (χ4n) is 8.10. The van der Waals surface area contributed by atoms with Gasteiger partial charge in [0.15, 0.2) is 45.8 Å². The zero-order chi connectivity index (χ0) is 38.8. The third kappa shape index (κ3) is 7.26. The van der Waals surface area contributed by atoms with Gasteiger partial charge in [-0.2, -0.15) is 9.48 Å². The first-order valence-corrected chi connectivity index (χ1v) is 19.1. The normalized spacial score (nSPS) is 18.5. The number of ether oxygens (including phenoxy) is 5. The van der Waals surface area contributed by atoms with Crippen LogP contribution in [0.2, 0.25) is 0 Å². The Morgan fingerprint density at radius 3 is 1.54 bits per heavy atom. The van der Waals surface area contributed by atoms with Crippen molar-refractivity contribution < 1.29 is 33.2 Å². The first-order chi connectivity index (χ1) is 27.3. The smallest absolute Gasteiger partial charge is 0.208 e. The summed E-state index contributed by atoms with van der Waals surface area (Å²) < 4.78 is 35.3. The molecule has 2 atom stereocenters. The molecule has 0 bridgehead atoms. The van der Waals surface area contributed by atoms with E-state index in [0.717, 1.165) is 75.5 Å². The lowest BCUT2D eigenvalue weighted by molar-refractivity contribution is -0.404. The van der Waals surface area contributed by atoms with Gasteiger partial charge in [0.1, 0.15) is 5.75 Å². The number of fused-ring (bicyclic) bond motifs is 4. The second-order valence-electron chi connectivity index (χ2n) is 14.5. The van der Waals surface area contributed by atoms with Crippen LogP contribution in [0, 0.1) is 22.3 Å². The van der Waals surface area contributed by atoms with Crippen molar-refractivity contribution in [2.45, 2.75) is 45.2 Å². The molecule has 12 nitrogen and oxygen atoms in total. The molecule has 4 aliphatic rings. The van der Waals surface area contributed by atoms with Crippen LogP contribution in [0.1, 0.15) is 54.6 Å². The Kier molecular flexibility index (Phi) is 10.4. The zero-order valence-electron chi connectivity index (χ0n) is 32.0. The quantitative estimate of drug-likeness (QED) is 0.0647. The molecule has 2 aliphatic heterocycles. The van der Waals surface area contributed by atoms with Gasteiger partial charge >= 0.3 is 0 Å². The summed E-state index contributed by atoms with van der Waals surface area (Å²) in [5.74, 6) is 3.15. The van der Waals surface area contributed by atoms with Crippen LogP contribution in [-0.4, -0.2) is 65.6 Å². The molecule has 0 saturated heterocycles. The summed E-state index contributed by atoms with van der Waals surface area (Å²) in [6.45, 7) is 2.22. The molecule has 2 aromatic carbocycles. The van der Waals surface area contributed by atoms with E-state index in [1.807, 2.05) is 73.1 Å². The number of hydrogen-bond donors (Lipinski definition) is 1. The molecule has 2 unspecified atom stereocenters. The van der Waals surface area contributed by atoms with Gasteiger partial charge in [-0.05, 0) is 78.6 Å². The van der Waals surface area contributed by atoms with Crippen molar-refractivity contribution in [1.82, 2.24) is 9.13 Å². The maximum atomic E-state index is 13.3. The fourth-order valence-corrected chi connectivity index (χ4v) is 8.10. The monoisotopic (exact) mass is 757 g/mol. The molecule has 4 heterocycles. The summed E-state index contributed by atoms with van der Waals surface area (Å²) >= 11 is 0. The molecule has 0 amide bonds. The van der Waals surface area contributed by atoms with E-state index < -0.39 is 0 Å². The third-order valence-electron chi connectivity index (χ3n) is 11.0. The maximum absolute atomic E-state index is 13.3. The van der Waals surface area contributed by atoms with Crippen LogP contribution in [0.15, 0.2) is 96.6 Å². The van der Waals surface area contributed by atoms with Gasteiger partial charge in [0.05, 0.1) is 58.8 Å². The Morgan fingerprint density at radius 2 is 1.09 bits per heavy atom. The predicted octanol–water partition coefficient (Wildman–Crippen LogP) is 7.39. The molecule has 0 radical (unpaired) electrons. The van der Waals surface area contributed by atoms with E-state index in [9.17, 15) is 10.4 Å². The van der Waals surface area contributed by atoms with Crippen LogP contribution < -0.4 is 29.4 Å². The van der Waals surface area contributed by atoms with E-state index in [0.29, 0.717) is 60.7 Å². The van der Waals surface area contributed by atoms with E-state index in [4.69, 9.17) is 29.4 Å². The van der Waals surface area contributed by atoms with Crippen LogP contribution in [0.4, 0.5) is 5.69 Å². The summed E-state index contributed by atoms with van der Waals surface area (Å²) in [5, 5.41) is 26.6. The van der Waals surface area contributed by atoms with Crippen LogP contribution in [0.5, 0.6) is 28.7 Å². The molecule has 290 valence electrons. The standard InChI is InChI=1S/C44H47N5O7/c1-52-36-15-9-30(10-16-36)32-12-18-38-34(22-32)24-47-28-42(44(54-3)40(47)26-49(38)51)56-20-6-4-5-19-55-41-27-46-23-33-21-31(29-7-13-35(45)14-8-29)11-17-37(33)48(50)25-39(46)43(41)53-2/h7-18,25-28,33-34H,4-6,19-24,45H2,1-3H3. The van der Waals surface area contributed by atoms with Crippen LogP contribution in [0.3, 0.4) is 0 Å². The van der Waals surface area contributed by atoms with Gasteiger partial charge in [-0.25, -0.2) is 0 Å². The lowest BCUT2D eigenvalue weighted by Crippen LogP contribution is -2.18. The van der Waals surface area contributed by atoms with E-state index in [-0.39, 0.29) is 11.8 Å². The van der Waals surface area contributed by atoms with Gasteiger partial charge in [0.2, 0.25) is 12.4 Å². The summed E-state index contributed by atoms with van der Waals surface area (Å²) in [7, 11) is 4.86. The Balaban J connectivity index is 0.850. The highest BCUT2D eigenvalue weighted by atomic mass is 16.5. The number of nitrogens with two attached hydrogens (primary N) is 1. The first kappa shape index (κ1) is 36.7. The van der Waals surface area contributed by atoms with Crippen molar-refractivity contribution in [3.05, 3.63) is 130 Å². The Hall–Kier alpha value is -6.30. The first-order valence-electron chi connectivity index (χ1n) is 19.1. The highest BCUT2D eigenvalue weighted by molar-refractivity contribution is 5.82. The van der Waals surface area contributed by atoms with Gasteiger partial charge in [-0.1, -0.05) is 36.4 Å². The minimum absolute atomic E-state index is 0.00392. The Labute approximate surface area is 326 Å². The van der Waals surface area contributed by atoms with Crippen molar-refractivity contribution in [2.24, 2.45) is 11.8 Å². The maximum Gasteiger partial charge on any atom is 0.208 e. The lowest BCUT2D eigenvalue weighted by Gasteiger charge is -2.22. The van der Waals surface area contributed by atoms with Crippen molar-refractivity contribution in [3.63, 3.8) is 0 Å². The van der Waals surface area contributed by atoms with Gasteiger partial charge in [-0.3, -0.25) is 0 Å². The van der Waals surface area contributed by atoms with Gasteiger partial charge < -0.3 is 49.0 Å². The van der Waals surface area contributed by atoms with E-state index in [2.05, 4.69) is 21.3 Å². The molecule has 12 heteroatoms. The summed E-state index contributed by atoms with van der Waals surface area (Å²) in [6, 6.07) is 15.9. The molecule has 0 spiro atoms. The molecule has 2 aliphatic carbocycles. The number of nitrogen functional groups attached to an aromatic ring is 1. The number of hydroxylamine groups is 2. The largest absolute Gasteiger partial charge is 0.618 e. The van der Waals surface area contributed by atoms with E-state index >= 15 is 0 Å². The number of nitrogens with zero attached hydrogens (tertiary/aromatic N) is 4. The number of methoxy groups -OCH3 is 3. The number of unbranched alkanes of at least 4 members (excludes halogenated alkanes) is 2. The zero-order valence-corrected chi connectivity index (χ0v) is 32.0. The summed E-state index contributed by atoms with van der Waals surface area (Å²) in [6.07, 6.45) is 18.9. The van der Waals surface area contributed by atoms with Crippen LogP contribution >= 0.6 is 0 Å². The molecular formula is C44H47N5O7. The Bertz CT molecular complexity index is 2290. The van der Waals surface area contributed by atoms with Crippen molar-refractivity contribution >= 4 is 29.3 Å². The second kappa shape index (κ2) is 15.8. The summed E-state index contributed by atoms with van der Waals surface area (Å²) in [5.41, 5.74) is 14.0. The minimum Gasteiger partial charge on any atom is -0.618 e. The number of benzene rings is 2. The topological polar surface area (TPSA) is 134 Å². The number of anilines is 1. The second-order valence-corrected chi connectivity index (χ2v) is 14.5. The molecule has 0 saturated carbocycles. The van der Waals surface area contributed by atoms with Crippen LogP contribution in [0.25, 0.3) is 11.1 Å². The average Bonchev–Trinajstić information content (AvgIpc) is 3.61. The molecule has 56 heavy (non-hydrogen) atoms. The predicted molar refractivity (Wildman–Crippen MR) is 217 cm³/mol. The lowest BCUT2D eigenvalue weighted by atomic mass is 9.87. The molecule has 2 N–H and O–H groups in total. The van der Waals surface area contributed by atoms with E-state index in [1.54, 1.807) is 33.8 Å². The number of allylic oxidation sites excluding steroid dienone is 8. The minimum atomic E-state index is -0.00414. The highest BCUT2D eigenvalue weighted by Crippen LogP contribution is 2.41. The van der Waals surface area contributed by atoms with Crippen molar-refractivity contribution in [3.8, 4) is 28.7 Å². The average molecular weight is 758 g/mol. The molecule has 2 aromatic heterocycles. The summed E-state index contributed by atoms with van der Waals surface area (Å²) in [4.78, 5) is 0.